The molecule has 2 unspecified atom stereocenters. The van der Waals surface area contributed by atoms with Crippen LogP contribution in [0.3, 0.4) is 0 Å². The lowest BCUT2D eigenvalue weighted by Crippen LogP contribution is -2.44. The van der Waals surface area contributed by atoms with Gasteiger partial charge in [-0.3, -0.25) is 0 Å². The molecule has 1 aliphatic rings. The van der Waals surface area contributed by atoms with Crippen molar-refractivity contribution in [3.8, 4) is 0 Å². The Morgan fingerprint density at radius 3 is 2.63 bits per heavy atom. The zero-order valence-electron chi connectivity index (χ0n) is 10.8. The predicted molar refractivity (Wildman–Crippen MR) is 72.4 cm³/mol. The molecule has 1 aromatic rings. The number of hydrogen-bond acceptors (Lipinski definition) is 5. The Morgan fingerprint density at radius 1 is 1.32 bits per heavy atom. The molecule has 0 amide bonds. The van der Waals surface area contributed by atoms with E-state index in [1.54, 1.807) is 13.1 Å². The van der Waals surface area contributed by atoms with Gasteiger partial charge in [0.05, 0.1) is 6.10 Å². The maximum atomic E-state index is 12.2. The van der Waals surface area contributed by atoms with Gasteiger partial charge in [-0.05, 0) is 25.0 Å². The molecule has 19 heavy (non-hydrogen) atoms. The number of aliphatic hydroxyl groups is 1. The normalized spacial score (nSPS) is 24.1. The highest BCUT2D eigenvalue weighted by Crippen LogP contribution is 2.20. The Labute approximate surface area is 113 Å². The summed E-state index contributed by atoms with van der Waals surface area (Å²) in [7, 11) is -1.90. The van der Waals surface area contributed by atoms with Crippen molar-refractivity contribution in [3.05, 3.63) is 18.3 Å². The van der Waals surface area contributed by atoms with Gasteiger partial charge in [-0.15, -0.1) is 0 Å². The zero-order valence-corrected chi connectivity index (χ0v) is 11.7. The summed E-state index contributed by atoms with van der Waals surface area (Å²) < 4.78 is 26.9. The molecule has 0 bridgehead atoms. The number of aliphatic hydroxyl groups excluding tert-OH is 1. The van der Waals surface area contributed by atoms with Crippen molar-refractivity contribution in [1.82, 2.24) is 9.71 Å². The minimum atomic E-state index is -3.62. The third-order valence-corrected chi connectivity index (χ3v) is 4.81. The third kappa shape index (κ3) is 3.43. The van der Waals surface area contributed by atoms with Crippen molar-refractivity contribution >= 4 is 15.8 Å². The van der Waals surface area contributed by atoms with Gasteiger partial charge in [-0.1, -0.05) is 12.8 Å². The molecule has 6 nitrogen and oxygen atoms in total. The molecule has 2 atom stereocenters. The lowest BCUT2D eigenvalue weighted by molar-refractivity contribution is 0.101. The smallest absolute Gasteiger partial charge is 0.242 e. The van der Waals surface area contributed by atoms with E-state index in [2.05, 4.69) is 15.0 Å². The molecule has 1 saturated carbocycles. The van der Waals surface area contributed by atoms with Gasteiger partial charge in [0, 0.05) is 19.3 Å². The molecule has 0 aromatic carbocycles. The largest absolute Gasteiger partial charge is 0.391 e. The Bertz CT molecular complexity index is 516. The molecule has 1 heterocycles. The first-order chi connectivity index (χ1) is 9.03. The van der Waals surface area contributed by atoms with Crippen LogP contribution < -0.4 is 10.0 Å². The predicted octanol–water partition coefficient (Wildman–Crippen LogP) is 0.705. The van der Waals surface area contributed by atoms with Crippen molar-refractivity contribution in [2.45, 2.75) is 42.7 Å². The van der Waals surface area contributed by atoms with Gasteiger partial charge in [0.25, 0.3) is 0 Å². The van der Waals surface area contributed by atoms with Crippen LogP contribution in [0.4, 0.5) is 5.82 Å². The molecule has 0 saturated heterocycles. The maximum absolute atomic E-state index is 12.2. The standard InChI is InChI=1S/C12H19N3O3S/c1-13-12-7-6-9(8-14-12)19(17,18)15-10-4-2-3-5-11(10)16/h6-8,10-11,15-16H,2-5H2,1H3,(H,13,14). The fourth-order valence-corrected chi connectivity index (χ4v) is 3.45. The van der Waals surface area contributed by atoms with Gasteiger partial charge in [-0.2, -0.15) is 0 Å². The molecule has 1 aliphatic carbocycles. The number of aromatic nitrogens is 1. The van der Waals surface area contributed by atoms with E-state index in [1.165, 1.54) is 12.3 Å². The van der Waals surface area contributed by atoms with Gasteiger partial charge in [-0.25, -0.2) is 18.1 Å². The van der Waals surface area contributed by atoms with Crippen molar-refractivity contribution in [2.75, 3.05) is 12.4 Å². The monoisotopic (exact) mass is 285 g/mol. The van der Waals surface area contributed by atoms with Gasteiger partial charge >= 0.3 is 0 Å². The van der Waals surface area contributed by atoms with E-state index in [0.717, 1.165) is 12.8 Å². The maximum Gasteiger partial charge on any atom is 0.242 e. The number of rotatable bonds is 4. The van der Waals surface area contributed by atoms with E-state index in [1.807, 2.05) is 0 Å². The molecule has 3 N–H and O–H groups in total. The molecule has 1 fully saturated rings. The van der Waals surface area contributed by atoms with Gasteiger partial charge < -0.3 is 10.4 Å². The van der Waals surface area contributed by atoms with Gasteiger partial charge in [0.15, 0.2) is 0 Å². The van der Waals surface area contributed by atoms with Crippen LogP contribution in [0.15, 0.2) is 23.2 Å². The van der Waals surface area contributed by atoms with Crippen LogP contribution in [0.5, 0.6) is 0 Å². The van der Waals surface area contributed by atoms with E-state index in [4.69, 9.17) is 0 Å². The van der Waals surface area contributed by atoms with Crippen molar-refractivity contribution in [1.29, 1.82) is 0 Å². The zero-order chi connectivity index (χ0) is 13.9. The highest BCUT2D eigenvalue weighted by atomic mass is 32.2. The summed E-state index contributed by atoms with van der Waals surface area (Å²) in [4.78, 5) is 4.10. The molecule has 0 aliphatic heterocycles. The number of anilines is 1. The summed E-state index contributed by atoms with van der Waals surface area (Å²) in [6.45, 7) is 0. The van der Waals surface area contributed by atoms with Crippen LogP contribution in [0, 0.1) is 0 Å². The molecule has 2 rings (SSSR count). The van der Waals surface area contributed by atoms with Crippen LogP contribution in [-0.2, 0) is 10.0 Å². The van der Waals surface area contributed by atoms with Crippen molar-refractivity contribution < 1.29 is 13.5 Å². The summed E-state index contributed by atoms with van der Waals surface area (Å²) in [6.07, 6.45) is 3.89. The molecular formula is C12H19N3O3S. The number of pyridine rings is 1. The number of hydrogen-bond donors (Lipinski definition) is 3. The second-order valence-electron chi connectivity index (χ2n) is 4.71. The molecule has 106 valence electrons. The van der Waals surface area contributed by atoms with Crippen LogP contribution in [-0.4, -0.2) is 37.7 Å². The minimum absolute atomic E-state index is 0.115. The van der Waals surface area contributed by atoms with Crippen LogP contribution >= 0.6 is 0 Å². The van der Waals surface area contributed by atoms with Gasteiger partial charge in [0.2, 0.25) is 10.0 Å². The summed E-state index contributed by atoms with van der Waals surface area (Å²) in [6, 6.07) is 2.70. The van der Waals surface area contributed by atoms with Gasteiger partial charge in [0.1, 0.15) is 10.7 Å². The summed E-state index contributed by atoms with van der Waals surface area (Å²) in [5.41, 5.74) is 0. The Hall–Kier alpha value is -1.18. The highest BCUT2D eigenvalue weighted by Gasteiger charge is 2.28. The Balaban J connectivity index is 2.12. The summed E-state index contributed by atoms with van der Waals surface area (Å²) >= 11 is 0. The Morgan fingerprint density at radius 2 is 2.05 bits per heavy atom. The van der Waals surface area contributed by atoms with E-state index in [-0.39, 0.29) is 4.90 Å². The fraction of sp³-hybridized carbons (Fsp3) is 0.583. The first-order valence-corrected chi connectivity index (χ1v) is 7.85. The second-order valence-corrected chi connectivity index (χ2v) is 6.42. The van der Waals surface area contributed by atoms with Crippen LogP contribution in [0.2, 0.25) is 0 Å². The minimum Gasteiger partial charge on any atom is -0.391 e. The van der Waals surface area contributed by atoms with E-state index < -0.39 is 22.2 Å². The lowest BCUT2D eigenvalue weighted by atomic mass is 9.93. The second kappa shape index (κ2) is 5.85. The Kier molecular flexibility index (Phi) is 4.38. The number of nitrogens with zero attached hydrogens (tertiary/aromatic N) is 1. The highest BCUT2D eigenvalue weighted by molar-refractivity contribution is 7.89. The first kappa shape index (κ1) is 14.2. The lowest BCUT2D eigenvalue weighted by Gasteiger charge is -2.28. The van der Waals surface area contributed by atoms with Crippen molar-refractivity contribution in [2.24, 2.45) is 0 Å². The average molecular weight is 285 g/mol. The molecule has 1 aromatic heterocycles. The third-order valence-electron chi connectivity index (χ3n) is 3.34. The molecule has 7 heteroatoms. The SMILES string of the molecule is CNc1ccc(S(=O)(=O)NC2CCCCC2O)cn1. The summed E-state index contributed by atoms with van der Waals surface area (Å²) in [5.74, 6) is 0.608. The molecule has 0 spiro atoms. The molecular weight excluding hydrogens is 266 g/mol. The van der Waals surface area contributed by atoms with E-state index >= 15 is 0 Å². The fourth-order valence-electron chi connectivity index (χ4n) is 2.20. The van der Waals surface area contributed by atoms with E-state index in [0.29, 0.717) is 18.7 Å². The van der Waals surface area contributed by atoms with Crippen LogP contribution in [0.25, 0.3) is 0 Å². The number of nitrogens with one attached hydrogen (secondary N) is 2. The topological polar surface area (TPSA) is 91.3 Å². The van der Waals surface area contributed by atoms with Crippen LogP contribution in [0.1, 0.15) is 25.7 Å². The van der Waals surface area contributed by atoms with E-state index in [9.17, 15) is 13.5 Å². The quantitative estimate of drug-likeness (QED) is 0.757. The molecule has 0 radical (unpaired) electrons. The first-order valence-electron chi connectivity index (χ1n) is 6.37. The van der Waals surface area contributed by atoms with Crippen molar-refractivity contribution in [3.63, 3.8) is 0 Å². The average Bonchev–Trinajstić information content (AvgIpc) is 2.41. The number of sulfonamides is 1. The summed E-state index contributed by atoms with van der Waals surface area (Å²) in [5, 5.41) is 12.6.